The lowest BCUT2D eigenvalue weighted by Crippen LogP contribution is -2.18. The Morgan fingerprint density at radius 2 is 2.00 bits per heavy atom. The Morgan fingerprint density at radius 3 is 2.59 bits per heavy atom. The number of benzene rings is 1. The van der Waals surface area contributed by atoms with E-state index in [0.29, 0.717) is 17.6 Å². The van der Waals surface area contributed by atoms with Crippen LogP contribution in [0.15, 0.2) is 54.3 Å². The minimum absolute atomic E-state index is 0.00963. The van der Waals surface area contributed by atoms with Crippen molar-refractivity contribution in [2.45, 2.75) is 39.5 Å². The Hall–Kier alpha value is -2.70. The van der Waals surface area contributed by atoms with Crippen LogP contribution in [0.25, 0.3) is 0 Å². The van der Waals surface area contributed by atoms with E-state index in [0.717, 1.165) is 5.56 Å². The summed E-state index contributed by atoms with van der Waals surface area (Å²) in [6.45, 7) is 3.74. The van der Waals surface area contributed by atoms with Gasteiger partial charge in [-0.25, -0.2) is 0 Å². The number of halogens is 3. The molecule has 1 rings (SSSR count). The van der Waals surface area contributed by atoms with Crippen LogP contribution >= 0.6 is 0 Å². The van der Waals surface area contributed by atoms with Gasteiger partial charge in [0.1, 0.15) is 12.4 Å². The third kappa shape index (κ3) is 8.99. The van der Waals surface area contributed by atoms with Crippen LogP contribution in [0.1, 0.15) is 31.4 Å². The number of ether oxygens (including phenoxy) is 2. The number of esters is 1. The standard InChI is InChI=1S/C20H24F3NO3/c1-3-5-6-7-16(13-24)14-26-19(25)11-9-17-12-15(4-2)8-10-18(17)27-20(21,22)23/h3,5-8,10,12-13H,4,9,11,14,24H2,1-2H3/b5-3-,7-6-,16-13+. The molecule has 0 unspecified atom stereocenters. The van der Waals surface area contributed by atoms with Crippen LogP contribution in [0.2, 0.25) is 0 Å². The van der Waals surface area contributed by atoms with Gasteiger partial charge >= 0.3 is 12.3 Å². The number of nitrogens with two attached hydrogens (primary N) is 1. The Morgan fingerprint density at radius 1 is 1.26 bits per heavy atom. The average Bonchev–Trinajstić information content (AvgIpc) is 2.62. The van der Waals surface area contributed by atoms with Crippen molar-refractivity contribution in [3.63, 3.8) is 0 Å². The topological polar surface area (TPSA) is 61.5 Å². The SMILES string of the molecule is C\C=C/C=C\C(=C/N)COC(=O)CCc1cc(CC)ccc1OC(F)(F)F. The first-order chi connectivity index (χ1) is 12.8. The van der Waals surface area contributed by atoms with Crippen molar-refractivity contribution in [2.75, 3.05) is 6.61 Å². The van der Waals surface area contributed by atoms with Crippen molar-refractivity contribution < 1.29 is 27.4 Å². The maximum atomic E-state index is 12.5. The van der Waals surface area contributed by atoms with Gasteiger partial charge in [0, 0.05) is 18.2 Å². The smallest absolute Gasteiger partial charge is 0.461 e. The number of allylic oxidation sites excluding steroid dienone is 3. The van der Waals surface area contributed by atoms with E-state index in [-0.39, 0.29) is 25.2 Å². The van der Waals surface area contributed by atoms with Gasteiger partial charge in [0.2, 0.25) is 0 Å². The van der Waals surface area contributed by atoms with E-state index < -0.39 is 12.3 Å². The Kier molecular flexibility index (Phi) is 9.19. The van der Waals surface area contributed by atoms with Gasteiger partial charge in [-0.05, 0) is 37.0 Å². The third-order valence-electron chi connectivity index (χ3n) is 3.59. The maximum absolute atomic E-state index is 12.5. The highest BCUT2D eigenvalue weighted by atomic mass is 19.4. The van der Waals surface area contributed by atoms with Gasteiger partial charge < -0.3 is 15.2 Å². The fourth-order valence-electron chi connectivity index (χ4n) is 2.19. The van der Waals surface area contributed by atoms with Crippen LogP contribution in [0.3, 0.4) is 0 Å². The van der Waals surface area contributed by atoms with E-state index in [9.17, 15) is 18.0 Å². The second kappa shape index (κ2) is 11.1. The summed E-state index contributed by atoms with van der Waals surface area (Å²) in [6, 6.07) is 4.45. The normalized spacial score (nSPS) is 12.7. The highest BCUT2D eigenvalue weighted by Gasteiger charge is 2.32. The summed E-state index contributed by atoms with van der Waals surface area (Å²) in [6.07, 6.45) is 4.29. The summed E-state index contributed by atoms with van der Waals surface area (Å²) in [5.41, 5.74) is 7.24. The summed E-state index contributed by atoms with van der Waals surface area (Å²) >= 11 is 0. The van der Waals surface area contributed by atoms with Crippen molar-refractivity contribution in [1.82, 2.24) is 0 Å². The first-order valence-electron chi connectivity index (χ1n) is 8.52. The molecule has 0 saturated carbocycles. The number of carbonyl (C=O) groups excluding carboxylic acids is 1. The van der Waals surface area contributed by atoms with Gasteiger partial charge in [-0.1, -0.05) is 43.4 Å². The average molecular weight is 383 g/mol. The molecule has 0 aliphatic carbocycles. The molecule has 148 valence electrons. The molecule has 7 heteroatoms. The zero-order valence-electron chi connectivity index (χ0n) is 15.4. The van der Waals surface area contributed by atoms with Gasteiger partial charge in [-0.3, -0.25) is 4.79 Å². The molecule has 1 aromatic rings. The lowest BCUT2D eigenvalue weighted by atomic mass is 10.0. The van der Waals surface area contributed by atoms with E-state index >= 15 is 0 Å². The number of alkyl halides is 3. The number of aryl methyl sites for hydroxylation is 2. The molecule has 0 aliphatic rings. The van der Waals surface area contributed by atoms with Crippen LogP contribution in [0.5, 0.6) is 5.75 Å². The summed E-state index contributed by atoms with van der Waals surface area (Å²) < 4.78 is 46.8. The van der Waals surface area contributed by atoms with E-state index in [4.69, 9.17) is 10.5 Å². The molecule has 0 atom stereocenters. The predicted octanol–water partition coefficient (Wildman–Crippen LogP) is 4.60. The van der Waals surface area contributed by atoms with Crippen LogP contribution in [-0.4, -0.2) is 18.9 Å². The Bertz CT molecular complexity index is 707. The molecule has 0 radical (unpaired) electrons. The second-order valence-electron chi connectivity index (χ2n) is 5.63. The number of carbonyl (C=O) groups is 1. The number of hydrogen-bond acceptors (Lipinski definition) is 4. The van der Waals surface area contributed by atoms with Crippen LogP contribution in [-0.2, 0) is 22.4 Å². The summed E-state index contributed by atoms with van der Waals surface area (Å²) in [7, 11) is 0. The molecule has 0 spiro atoms. The lowest BCUT2D eigenvalue weighted by molar-refractivity contribution is -0.274. The van der Waals surface area contributed by atoms with Crippen LogP contribution < -0.4 is 10.5 Å². The van der Waals surface area contributed by atoms with Gasteiger partial charge in [-0.15, -0.1) is 13.2 Å². The summed E-state index contributed by atoms with van der Waals surface area (Å²) in [4.78, 5) is 11.9. The zero-order valence-corrected chi connectivity index (χ0v) is 15.4. The summed E-state index contributed by atoms with van der Waals surface area (Å²) in [5.74, 6) is -0.835. The van der Waals surface area contributed by atoms with Crippen molar-refractivity contribution in [2.24, 2.45) is 5.73 Å². The van der Waals surface area contributed by atoms with Gasteiger partial charge in [0.25, 0.3) is 0 Å². The lowest BCUT2D eigenvalue weighted by Gasteiger charge is -2.14. The van der Waals surface area contributed by atoms with Gasteiger partial charge in [0.05, 0.1) is 0 Å². The third-order valence-corrected chi connectivity index (χ3v) is 3.59. The van der Waals surface area contributed by atoms with E-state index in [1.54, 1.807) is 30.4 Å². The number of rotatable bonds is 9. The quantitative estimate of drug-likeness (QED) is 0.500. The van der Waals surface area contributed by atoms with Crippen molar-refractivity contribution in [3.8, 4) is 5.75 Å². The van der Waals surface area contributed by atoms with E-state index in [1.165, 1.54) is 12.3 Å². The van der Waals surface area contributed by atoms with Crippen molar-refractivity contribution in [3.05, 3.63) is 65.4 Å². The van der Waals surface area contributed by atoms with Crippen molar-refractivity contribution >= 4 is 5.97 Å². The number of hydrogen-bond donors (Lipinski definition) is 1. The van der Waals surface area contributed by atoms with Crippen LogP contribution in [0, 0.1) is 0 Å². The molecule has 27 heavy (non-hydrogen) atoms. The fourth-order valence-corrected chi connectivity index (χ4v) is 2.19. The largest absolute Gasteiger partial charge is 0.573 e. The van der Waals surface area contributed by atoms with E-state index in [2.05, 4.69) is 4.74 Å². The zero-order chi connectivity index (χ0) is 20.3. The predicted molar refractivity (Wildman–Crippen MR) is 98.0 cm³/mol. The van der Waals surface area contributed by atoms with Crippen LogP contribution in [0.4, 0.5) is 13.2 Å². The molecular formula is C20H24F3NO3. The molecule has 0 bridgehead atoms. The molecular weight excluding hydrogens is 359 g/mol. The van der Waals surface area contributed by atoms with E-state index in [1.807, 2.05) is 19.9 Å². The molecule has 0 heterocycles. The monoisotopic (exact) mass is 383 g/mol. The molecule has 0 aromatic heterocycles. The second-order valence-corrected chi connectivity index (χ2v) is 5.63. The Labute approximate surface area is 157 Å². The summed E-state index contributed by atoms with van der Waals surface area (Å²) in [5, 5.41) is 0. The molecule has 0 saturated heterocycles. The van der Waals surface area contributed by atoms with Crippen molar-refractivity contribution in [1.29, 1.82) is 0 Å². The molecule has 0 aliphatic heterocycles. The molecule has 1 aromatic carbocycles. The molecule has 0 fully saturated rings. The fraction of sp³-hybridized carbons (Fsp3) is 0.350. The molecule has 4 nitrogen and oxygen atoms in total. The first kappa shape index (κ1) is 22.3. The Balaban J connectivity index is 2.69. The van der Waals surface area contributed by atoms with Gasteiger partial charge in [0.15, 0.2) is 0 Å². The molecule has 0 amide bonds. The highest BCUT2D eigenvalue weighted by Crippen LogP contribution is 2.28. The highest BCUT2D eigenvalue weighted by molar-refractivity contribution is 5.70. The minimum atomic E-state index is -4.79. The first-order valence-corrected chi connectivity index (χ1v) is 8.52. The van der Waals surface area contributed by atoms with Gasteiger partial charge in [-0.2, -0.15) is 0 Å². The molecule has 2 N–H and O–H groups in total. The minimum Gasteiger partial charge on any atom is -0.461 e. The maximum Gasteiger partial charge on any atom is 0.573 e.